The summed E-state index contributed by atoms with van der Waals surface area (Å²) in [4.78, 5) is 0. The molecule has 1 fully saturated rings. The highest BCUT2D eigenvalue weighted by atomic mass is 79.9. The molecule has 1 saturated carbocycles. The van der Waals surface area contributed by atoms with Gasteiger partial charge in [-0.3, -0.25) is 0 Å². The molecule has 0 amide bonds. The van der Waals surface area contributed by atoms with Crippen LogP contribution in [-0.2, 0) is 0 Å². The van der Waals surface area contributed by atoms with Crippen molar-refractivity contribution in [1.82, 2.24) is 0 Å². The predicted octanol–water partition coefficient (Wildman–Crippen LogP) is 6.61. The largest absolute Gasteiger partial charge is 0.497 e. The van der Waals surface area contributed by atoms with Crippen molar-refractivity contribution in [2.24, 2.45) is 0 Å². The Hall–Kier alpha value is -1.54. The van der Waals surface area contributed by atoms with Gasteiger partial charge in [0.1, 0.15) is 5.75 Å². The fourth-order valence-electron chi connectivity index (χ4n) is 3.38. The first kappa shape index (κ1) is 16.3. The van der Waals surface area contributed by atoms with E-state index < -0.39 is 0 Å². The summed E-state index contributed by atoms with van der Waals surface area (Å²) in [6.45, 7) is 0. The van der Waals surface area contributed by atoms with Gasteiger partial charge in [-0.1, -0.05) is 58.6 Å². The zero-order valence-corrected chi connectivity index (χ0v) is 15.2. The third kappa shape index (κ3) is 4.06. The van der Waals surface area contributed by atoms with Crippen molar-refractivity contribution in [3.63, 3.8) is 0 Å². The van der Waals surface area contributed by atoms with Gasteiger partial charge in [0, 0.05) is 4.47 Å². The van der Waals surface area contributed by atoms with Gasteiger partial charge in [-0.2, -0.15) is 0 Å². The van der Waals surface area contributed by atoms with Gasteiger partial charge in [-0.05, 0) is 66.6 Å². The number of benzene rings is 2. The molecule has 0 saturated heterocycles. The molecular formula is C21H23BrO. The van der Waals surface area contributed by atoms with E-state index in [1.165, 1.54) is 55.2 Å². The molecule has 1 aliphatic rings. The average Bonchev–Trinajstić information content (AvgIpc) is 2.86. The summed E-state index contributed by atoms with van der Waals surface area (Å²) in [5.41, 5.74) is 5.57. The lowest BCUT2D eigenvalue weighted by molar-refractivity contribution is 0.414. The van der Waals surface area contributed by atoms with Gasteiger partial charge in [0.2, 0.25) is 0 Å². The van der Waals surface area contributed by atoms with E-state index in [1.54, 1.807) is 12.7 Å². The molecule has 2 heteroatoms. The molecule has 1 aliphatic carbocycles. The van der Waals surface area contributed by atoms with Gasteiger partial charge in [0.05, 0.1) is 7.11 Å². The monoisotopic (exact) mass is 370 g/mol. The predicted molar refractivity (Wildman–Crippen MR) is 101 cm³/mol. The molecule has 0 spiro atoms. The van der Waals surface area contributed by atoms with Crippen molar-refractivity contribution in [1.29, 1.82) is 0 Å². The van der Waals surface area contributed by atoms with E-state index >= 15 is 0 Å². The van der Waals surface area contributed by atoms with Crippen molar-refractivity contribution in [2.75, 3.05) is 7.11 Å². The van der Waals surface area contributed by atoms with Crippen molar-refractivity contribution in [2.45, 2.75) is 38.5 Å². The van der Waals surface area contributed by atoms with Crippen LogP contribution in [0, 0.1) is 0 Å². The number of hydrogen-bond acceptors (Lipinski definition) is 1. The summed E-state index contributed by atoms with van der Waals surface area (Å²) >= 11 is 3.55. The smallest absolute Gasteiger partial charge is 0.119 e. The normalized spacial score (nSPS) is 15.1. The SMILES string of the molecule is COc1cccc(C(=C2CCCCCC2)c2ccc(Br)cc2)c1. The minimum absolute atomic E-state index is 0.923. The van der Waals surface area contributed by atoms with Gasteiger partial charge in [-0.15, -0.1) is 0 Å². The second-order valence-corrected chi connectivity index (χ2v) is 7.05. The minimum atomic E-state index is 0.923. The Morgan fingerprint density at radius 3 is 2.22 bits per heavy atom. The molecule has 0 unspecified atom stereocenters. The first-order chi connectivity index (χ1) is 11.3. The molecule has 1 nitrogen and oxygen atoms in total. The van der Waals surface area contributed by atoms with E-state index in [0.717, 1.165) is 10.2 Å². The number of methoxy groups -OCH3 is 1. The van der Waals surface area contributed by atoms with E-state index in [2.05, 4.69) is 58.4 Å². The molecular weight excluding hydrogens is 348 g/mol. The number of halogens is 1. The molecule has 0 heterocycles. The van der Waals surface area contributed by atoms with Gasteiger partial charge in [0.25, 0.3) is 0 Å². The number of hydrogen-bond donors (Lipinski definition) is 0. The zero-order chi connectivity index (χ0) is 16.1. The van der Waals surface area contributed by atoms with Crippen LogP contribution in [0.5, 0.6) is 5.75 Å². The molecule has 0 aromatic heterocycles. The van der Waals surface area contributed by atoms with Crippen LogP contribution in [0.2, 0.25) is 0 Å². The average molecular weight is 371 g/mol. The summed E-state index contributed by atoms with van der Waals surface area (Å²) in [5.74, 6) is 0.923. The van der Waals surface area contributed by atoms with Gasteiger partial charge in [0.15, 0.2) is 0 Å². The summed E-state index contributed by atoms with van der Waals surface area (Å²) in [7, 11) is 1.73. The Kier molecular flexibility index (Phi) is 5.56. The highest BCUT2D eigenvalue weighted by Gasteiger charge is 2.14. The highest BCUT2D eigenvalue weighted by Crippen LogP contribution is 2.35. The molecule has 3 rings (SSSR count). The van der Waals surface area contributed by atoms with Crippen LogP contribution in [0.15, 0.2) is 58.6 Å². The van der Waals surface area contributed by atoms with Crippen molar-refractivity contribution in [3.8, 4) is 5.75 Å². The van der Waals surface area contributed by atoms with E-state index in [0.29, 0.717) is 0 Å². The summed E-state index contributed by atoms with van der Waals surface area (Å²) < 4.78 is 6.56. The van der Waals surface area contributed by atoms with Gasteiger partial charge >= 0.3 is 0 Å². The molecule has 0 atom stereocenters. The van der Waals surface area contributed by atoms with E-state index in [1.807, 2.05) is 6.07 Å². The lowest BCUT2D eigenvalue weighted by atomic mass is 9.89. The Morgan fingerprint density at radius 2 is 1.57 bits per heavy atom. The van der Waals surface area contributed by atoms with E-state index in [-0.39, 0.29) is 0 Å². The topological polar surface area (TPSA) is 9.23 Å². The van der Waals surface area contributed by atoms with E-state index in [9.17, 15) is 0 Å². The summed E-state index contributed by atoms with van der Waals surface area (Å²) in [6.07, 6.45) is 7.74. The summed E-state index contributed by atoms with van der Waals surface area (Å²) in [5, 5.41) is 0. The molecule has 0 bridgehead atoms. The first-order valence-corrected chi connectivity index (χ1v) is 9.19. The maximum absolute atomic E-state index is 5.44. The fraction of sp³-hybridized carbons (Fsp3) is 0.333. The lowest BCUT2D eigenvalue weighted by Crippen LogP contribution is -1.96. The zero-order valence-electron chi connectivity index (χ0n) is 13.6. The Balaban J connectivity index is 2.12. The van der Waals surface area contributed by atoms with Crippen LogP contribution in [0.25, 0.3) is 5.57 Å². The number of ether oxygens (including phenoxy) is 1. The Morgan fingerprint density at radius 1 is 0.870 bits per heavy atom. The second-order valence-electron chi connectivity index (χ2n) is 6.13. The number of rotatable bonds is 3. The Labute approximate surface area is 147 Å². The van der Waals surface area contributed by atoms with Crippen LogP contribution in [-0.4, -0.2) is 7.11 Å². The maximum atomic E-state index is 5.44. The molecule has 120 valence electrons. The Bertz CT molecular complexity index is 675. The van der Waals surface area contributed by atoms with Crippen molar-refractivity contribution in [3.05, 3.63) is 69.7 Å². The van der Waals surface area contributed by atoms with Crippen LogP contribution in [0.1, 0.15) is 49.7 Å². The first-order valence-electron chi connectivity index (χ1n) is 8.40. The molecule has 2 aromatic rings. The fourth-order valence-corrected chi connectivity index (χ4v) is 3.64. The van der Waals surface area contributed by atoms with Crippen molar-refractivity contribution >= 4 is 21.5 Å². The summed E-state index contributed by atoms with van der Waals surface area (Å²) in [6, 6.07) is 17.2. The van der Waals surface area contributed by atoms with Crippen molar-refractivity contribution < 1.29 is 4.74 Å². The quantitative estimate of drug-likeness (QED) is 0.552. The standard InChI is InChI=1S/C21H23BrO/c1-23-20-10-6-9-18(15-20)21(16-7-4-2-3-5-8-16)17-11-13-19(22)14-12-17/h6,9-15H,2-5,7-8H2,1H3. The minimum Gasteiger partial charge on any atom is -0.497 e. The molecule has 0 aliphatic heterocycles. The number of allylic oxidation sites excluding steroid dienone is 1. The van der Waals surface area contributed by atoms with Crippen LogP contribution in [0.4, 0.5) is 0 Å². The molecule has 0 N–H and O–H groups in total. The third-order valence-corrected chi connectivity index (χ3v) is 5.08. The molecule has 0 radical (unpaired) electrons. The van der Waals surface area contributed by atoms with Crippen LogP contribution >= 0.6 is 15.9 Å². The van der Waals surface area contributed by atoms with Gasteiger partial charge < -0.3 is 4.74 Å². The van der Waals surface area contributed by atoms with E-state index in [4.69, 9.17) is 4.74 Å². The second kappa shape index (κ2) is 7.83. The van der Waals surface area contributed by atoms with Gasteiger partial charge in [-0.25, -0.2) is 0 Å². The highest BCUT2D eigenvalue weighted by molar-refractivity contribution is 9.10. The van der Waals surface area contributed by atoms with Crippen LogP contribution < -0.4 is 4.74 Å². The maximum Gasteiger partial charge on any atom is 0.119 e. The molecule has 23 heavy (non-hydrogen) atoms. The third-order valence-electron chi connectivity index (χ3n) is 4.55. The lowest BCUT2D eigenvalue weighted by Gasteiger charge is -2.16. The molecule has 2 aromatic carbocycles. The van der Waals surface area contributed by atoms with Crippen LogP contribution in [0.3, 0.4) is 0 Å².